The molecule has 0 fully saturated rings. The van der Waals surface area contributed by atoms with Gasteiger partial charge in [-0.2, -0.15) is 0 Å². The Morgan fingerprint density at radius 2 is 2.36 bits per heavy atom. The molecule has 0 aromatic carbocycles. The van der Waals surface area contributed by atoms with E-state index < -0.39 is 6.09 Å². The fourth-order valence-corrected chi connectivity index (χ4v) is 0.903. The number of rotatable bonds is 2. The molecule has 82 valence electrons. The lowest BCUT2D eigenvalue weighted by molar-refractivity contribution is 0.196. The van der Waals surface area contributed by atoms with E-state index in [2.05, 4.69) is 4.98 Å². The molecule has 1 aromatic rings. The monoisotopic (exact) mass is 223 g/mol. The molecule has 0 aliphatic heterocycles. The Hall–Kier alpha value is -1.11. The summed E-state index contributed by atoms with van der Waals surface area (Å²) < 4.78 is 1.01. The molecule has 14 heavy (non-hydrogen) atoms. The first-order chi connectivity index (χ1) is 5.59. The summed E-state index contributed by atoms with van der Waals surface area (Å²) in [6.45, 7) is 1.85. The summed E-state index contributed by atoms with van der Waals surface area (Å²) in [4.78, 5) is 14.3. The molecule has 0 saturated heterocycles. The summed E-state index contributed by atoms with van der Waals surface area (Å²) in [5, 5.41) is 8.52. The number of carboxylic acid groups (broad SMARTS) is 1. The third kappa shape index (κ3) is 4.22. The van der Waals surface area contributed by atoms with Gasteiger partial charge < -0.3 is 16.3 Å². The van der Waals surface area contributed by atoms with Crippen LogP contribution in [0.5, 0.6) is 0 Å². The fraction of sp³-hybridized carbons (Fsp3) is 0.429. The molecule has 0 aliphatic carbocycles. The maximum absolute atomic E-state index is 10.4. The number of hydrogen-bond acceptors (Lipinski definition) is 3. The summed E-state index contributed by atoms with van der Waals surface area (Å²) >= 11 is 0. The normalized spacial score (nSPS) is 11.0. The van der Waals surface area contributed by atoms with Crippen molar-refractivity contribution >= 4 is 18.5 Å². The highest BCUT2D eigenvalue weighted by atomic mass is 35.5. The molecule has 6 nitrogen and oxygen atoms in total. The van der Waals surface area contributed by atoms with Crippen LogP contribution >= 0.6 is 12.4 Å². The van der Waals surface area contributed by atoms with E-state index in [0.29, 0.717) is 12.1 Å². The third-order valence-corrected chi connectivity index (χ3v) is 1.39. The van der Waals surface area contributed by atoms with Crippen molar-refractivity contribution in [2.45, 2.75) is 19.4 Å². The van der Waals surface area contributed by atoms with Crippen LogP contribution in [-0.2, 0) is 6.42 Å². The van der Waals surface area contributed by atoms with Crippen molar-refractivity contribution in [3.8, 4) is 0 Å². The van der Waals surface area contributed by atoms with E-state index in [1.165, 1.54) is 12.5 Å². The van der Waals surface area contributed by atoms with E-state index in [0.717, 1.165) is 4.57 Å². The molecule has 1 atom stereocenters. The molecule has 0 aliphatic rings. The summed E-state index contributed by atoms with van der Waals surface area (Å²) in [6.07, 6.45) is 2.30. The average molecular weight is 224 g/mol. The quantitative estimate of drug-likeness (QED) is 0.729. The molecule has 0 saturated carbocycles. The van der Waals surface area contributed by atoms with E-state index in [-0.39, 0.29) is 23.9 Å². The highest BCUT2D eigenvalue weighted by Gasteiger charge is 2.04. The van der Waals surface area contributed by atoms with E-state index in [4.69, 9.17) is 10.8 Å². The lowest BCUT2D eigenvalue weighted by Gasteiger charge is -1.98. The predicted octanol–water partition coefficient (Wildman–Crippen LogP) is -0.104. The Morgan fingerprint density at radius 1 is 1.79 bits per heavy atom. The first-order valence-corrected chi connectivity index (χ1v) is 3.61. The first kappa shape index (κ1) is 15.4. The molecule has 7 heteroatoms. The summed E-state index contributed by atoms with van der Waals surface area (Å²) in [5.41, 5.74) is 6.21. The summed E-state index contributed by atoms with van der Waals surface area (Å²) in [5.74, 6) is 0. The minimum Gasteiger partial charge on any atom is -0.464 e. The maximum atomic E-state index is 10.4. The highest BCUT2D eigenvalue weighted by molar-refractivity contribution is 5.85. The van der Waals surface area contributed by atoms with Crippen LogP contribution in [0.25, 0.3) is 0 Å². The molecule has 5 N–H and O–H groups in total. The van der Waals surface area contributed by atoms with Gasteiger partial charge in [0, 0.05) is 18.7 Å². The van der Waals surface area contributed by atoms with E-state index in [1.807, 2.05) is 6.92 Å². The number of nitrogens with two attached hydrogens (primary N) is 1. The number of nitrogens with zero attached hydrogens (tertiary/aromatic N) is 2. The lowest BCUT2D eigenvalue weighted by atomic mass is 10.2. The van der Waals surface area contributed by atoms with Gasteiger partial charge in [-0.15, -0.1) is 12.4 Å². The Bertz CT molecular complexity index is 287. The van der Waals surface area contributed by atoms with Crippen LogP contribution in [0.4, 0.5) is 4.79 Å². The largest absolute Gasteiger partial charge is 0.464 e. The SMILES string of the molecule is C[C@@H](N)Cc1cn(C(=O)O)cn1.Cl.O. The first-order valence-electron chi connectivity index (χ1n) is 3.61. The zero-order chi connectivity index (χ0) is 9.14. The van der Waals surface area contributed by atoms with E-state index >= 15 is 0 Å². The zero-order valence-electron chi connectivity index (χ0n) is 7.67. The molecule has 1 aromatic heterocycles. The topological polar surface area (TPSA) is 113 Å². The molecule has 0 unspecified atom stereocenters. The Balaban J connectivity index is 0. The third-order valence-electron chi connectivity index (χ3n) is 1.39. The van der Waals surface area contributed by atoms with Crippen LogP contribution in [0, 0.1) is 0 Å². The lowest BCUT2D eigenvalue weighted by Crippen LogP contribution is -2.17. The maximum Gasteiger partial charge on any atom is 0.416 e. The molecular formula is C7H14ClN3O3. The van der Waals surface area contributed by atoms with E-state index in [9.17, 15) is 4.79 Å². The second-order valence-corrected chi connectivity index (χ2v) is 2.74. The van der Waals surface area contributed by atoms with Crippen molar-refractivity contribution in [1.82, 2.24) is 9.55 Å². The predicted molar refractivity (Wildman–Crippen MR) is 53.9 cm³/mol. The van der Waals surface area contributed by atoms with Gasteiger partial charge in [-0.25, -0.2) is 14.3 Å². The molecule has 1 heterocycles. The van der Waals surface area contributed by atoms with Gasteiger partial charge in [0.2, 0.25) is 0 Å². The molecule has 0 amide bonds. The van der Waals surface area contributed by atoms with Gasteiger partial charge in [0.05, 0.1) is 5.69 Å². The van der Waals surface area contributed by atoms with Gasteiger partial charge >= 0.3 is 6.09 Å². The van der Waals surface area contributed by atoms with Gasteiger partial charge in [0.1, 0.15) is 6.33 Å². The number of halogens is 1. The molecule has 1 rings (SSSR count). The minimum absolute atomic E-state index is 0. The van der Waals surface area contributed by atoms with Crippen molar-refractivity contribution in [3.63, 3.8) is 0 Å². The molecular weight excluding hydrogens is 210 g/mol. The summed E-state index contributed by atoms with van der Waals surface area (Å²) in [6, 6.07) is 0.00199. The van der Waals surface area contributed by atoms with Crippen LogP contribution in [0.15, 0.2) is 12.5 Å². The van der Waals surface area contributed by atoms with Crippen LogP contribution in [0.1, 0.15) is 12.6 Å². The van der Waals surface area contributed by atoms with Crippen LogP contribution < -0.4 is 5.73 Å². The van der Waals surface area contributed by atoms with Gasteiger partial charge in [0.25, 0.3) is 0 Å². The van der Waals surface area contributed by atoms with Gasteiger partial charge in [-0.1, -0.05) is 0 Å². The number of hydrogen-bond donors (Lipinski definition) is 2. The van der Waals surface area contributed by atoms with Crippen molar-refractivity contribution in [3.05, 3.63) is 18.2 Å². The van der Waals surface area contributed by atoms with Gasteiger partial charge in [0.15, 0.2) is 0 Å². The molecule has 0 radical (unpaired) electrons. The standard InChI is InChI=1S/C7H11N3O2.ClH.H2O/c1-5(8)2-6-3-10(4-9-6)7(11)12;;/h3-5H,2,8H2,1H3,(H,11,12);1H;1H2/t5-;;/m1../s1. The van der Waals surface area contributed by atoms with Crippen LogP contribution in [0.3, 0.4) is 0 Å². The Kier molecular flexibility index (Phi) is 6.98. The summed E-state index contributed by atoms with van der Waals surface area (Å²) in [7, 11) is 0. The number of aromatic nitrogens is 2. The second kappa shape index (κ2) is 6.36. The Morgan fingerprint density at radius 3 is 2.71 bits per heavy atom. The van der Waals surface area contributed by atoms with Crippen LogP contribution in [0.2, 0.25) is 0 Å². The zero-order valence-corrected chi connectivity index (χ0v) is 8.49. The van der Waals surface area contributed by atoms with E-state index in [1.54, 1.807) is 0 Å². The van der Waals surface area contributed by atoms with Crippen molar-refractivity contribution in [1.29, 1.82) is 0 Å². The molecule has 0 bridgehead atoms. The highest BCUT2D eigenvalue weighted by Crippen LogP contribution is 1.98. The second-order valence-electron chi connectivity index (χ2n) is 2.74. The van der Waals surface area contributed by atoms with Crippen molar-refractivity contribution in [2.75, 3.05) is 0 Å². The average Bonchev–Trinajstić information content (AvgIpc) is 2.34. The van der Waals surface area contributed by atoms with Crippen LogP contribution in [-0.4, -0.2) is 32.3 Å². The van der Waals surface area contributed by atoms with Gasteiger partial charge in [-0.05, 0) is 6.92 Å². The van der Waals surface area contributed by atoms with Crippen molar-refractivity contribution < 1.29 is 15.4 Å². The van der Waals surface area contributed by atoms with Gasteiger partial charge in [-0.3, -0.25) is 0 Å². The smallest absolute Gasteiger partial charge is 0.416 e. The van der Waals surface area contributed by atoms with Crippen molar-refractivity contribution in [2.24, 2.45) is 5.73 Å². The molecule has 0 spiro atoms. The Labute approximate surface area is 87.5 Å². The number of carbonyl (C=O) groups is 1. The fourth-order valence-electron chi connectivity index (χ4n) is 0.903. The minimum atomic E-state index is -1.03. The number of imidazole rings is 1.